The molecule has 8 heteroatoms. The first kappa shape index (κ1) is 20.7. The Bertz CT molecular complexity index is 957. The van der Waals surface area contributed by atoms with Crippen LogP contribution in [0.5, 0.6) is 0 Å². The van der Waals surface area contributed by atoms with Crippen LogP contribution in [0, 0.1) is 0 Å². The number of rotatable bonds is 7. The predicted molar refractivity (Wildman–Crippen MR) is 117 cm³/mol. The molecule has 30 heavy (non-hydrogen) atoms. The number of carbonyl (C=O) groups excluding carboxylic acids is 2. The van der Waals surface area contributed by atoms with Gasteiger partial charge in [-0.1, -0.05) is 35.9 Å². The zero-order valence-electron chi connectivity index (χ0n) is 16.8. The Balaban J connectivity index is 1.51. The molecule has 0 aromatic heterocycles. The summed E-state index contributed by atoms with van der Waals surface area (Å²) in [4.78, 5) is 25.1. The van der Waals surface area contributed by atoms with Crippen molar-refractivity contribution >= 4 is 34.9 Å². The number of nitrogens with zero attached hydrogens (tertiary/aromatic N) is 2. The zero-order chi connectivity index (χ0) is 21.3. The molecule has 1 heterocycles. The maximum absolute atomic E-state index is 12.2. The van der Waals surface area contributed by atoms with Crippen LogP contribution in [0.3, 0.4) is 0 Å². The van der Waals surface area contributed by atoms with Gasteiger partial charge in [-0.25, -0.2) is 4.79 Å². The number of urea groups is 1. The van der Waals surface area contributed by atoms with Crippen molar-refractivity contribution in [1.29, 1.82) is 0 Å². The molecule has 1 saturated carbocycles. The van der Waals surface area contributed by atoms with Crippen LogP contribution in [0.15, 0.2) is 42.5 Å². The highest BCUT2D eigenvalue weighted by molar-refractivity contribution is 6.36. The van der Waals surface area contributed by atoms with Crippen molar-refractivity contribution in [3.05, 3.63) is 47.5 Å². The van der Waals surface area contributed by atoms with E-state index in [-0.39, 0.29) is 17.9 Å². The van der Waals surface area contributed by atoms with E-state index in [1.54, 1.807) is 13.1 Å². The van der Waals surface area contributed by atoms with Gasteiger partial charge in [0, 0.05) is 43.3 Å². The lowest BCUT2D eigenvalue weighted by Crippen LogP contribution is -2.49. The van der Waals surface area contributed by atoms with Crippen molar-refractivity contribution in [1.82, 2.24) is 10.4 Å². The van der Waals surface area contributed by atoms with Gasteiger partial charge in [0.1, 0.15) is 0 Å². The lowest BCUT2D eigenvalue weighted by atomic mass is 10.0. The smallest absolute Gasteiger partial charge is 0.328 e. The van der Waals surface area contributed by atoms with Crippen LogP contribution in [0.4, 0.5) is 16.2 Å². The van der Waals surface area contributed by atoms with E-state index in [9.17, 15) is 14.8 Å². The first-order valence-corrected chi connectivity index (χ1v) is 10.4. The van der Waals surface area contributed by atoms with Crippen molar-refractivity contribution in [3.8, 4) is 11.1 Å². The molecule has 0 atom stereocenters. The number of imide groups is 1. The van der Waals surface area contributed by atoms with Crippen molar-refractivity contribution in [3.63, 3.8) is 0 Å². The molecule has 3 N–H and O–H groups in total. The highest BCUT2D eigenvalue weighted by Crippen LogP contribution is 2.42. The number of carbonyl (C=O) groups is 2. The fourth-order valence-electron chi connectivity index (χ4n) is 3.75. The summed E-state index contributed by atoms with van der Waals surface area (Å²) in [7, 11) is 1.66. The summed E-state index contributed by atoms with van der Waals surface area (Å²) in [5.41, 5.74) is 3.45. The largest absolute Gasteiger partial charge is 0.380 e. The Morgan fingerprint density at radius 1 is 1.20 bits per heavy atom. The van der Waals surface area contributed by atoms with E-state index < -0.39 is 6.03 Å². The first-order chi connectivity index (χ1) is 14.4. The second kappa shape index (κ2) is 8.26. The molecule has 4 rings (SSSR count). The Kier molecular flexibility index (Phi) is 5.69. The Morgan fingerprint density at radius 3 is 2.57 bits per heavy atom. The zero-order valence-corrected chi connectivity index (χ0v) is 17.6. The van der Waals surface area contributed by atoms with E-state index in [4.69, 9.17) is 11.6 Å². The number of hydrogen-bond donors (Lipinski definition) is 3. The second-order valence-corrected chi connectivity index (χ2v) is 8.39. The Morgan fingerprint density at radius 2 is 1.93 bits per heavy atom. The second-order valence-electron chi connectivity index (χ2n) is 8.01. The average Bonchev–Trinajstić information content (AvgIpc) is 3.48. The minimum Gasteiger partial charge on any atom is -0.380 e. The SMILES string of the molecule is CN(O)CCC1(Nc2ccc(-c3cccc(N4CCC(=O)NC4=O)c3Cl)cc2)CC1. The van der Waals surface area contributed by atoms with Gasteiger partial charge in [-0.05, 0) is 43.0 Å². The fourth-order valence-corrected chi connectivity index (χ4v) is 4.09. The first-order valence-electron chi connectivity index (χ1n) is 10.1. The molecule has 2 aromatic rings. The molecule has 1 saturated heterocycles. The molecule has 1 aliphatic heterocycles. The molecule has 3 amide bonds. The van der Waals surface area contributed by atoms with E-state index in [0.717, 1.165) is 36.1 Å². The summed E-state index contributed by atoms with van der Waals surface area (Å²) in [6.45, 7) is 0.935. The molecule has 0 radical (unpaired) electrons. The van der Waals surface area contributed by atoms with Gasteiger partial charge in [0.05, 0.1) is 10.7 Å². The molecule has 7 nitrogen and oxygen atoms in total. The molecular weight excluding hydrogens is 404 g/mol. The van der Waals surface area contributed by atoms with Crippen LogP contribution in [-0.4, -0.2) is 47.9 Å². The third-order valence-corrected chi connectivity index (χ3v) is 6.09. The molecule has 2 fully saturated rings. The number of amides is 3. The summed E-state index contributed by atoms with van der Waals surface area (Å²) in [5, 5.41) is 17.0. The molecule has 1 aliphatic carbocycles. The van der Waals surface area contributed by atoms with Crippen LogP contribution >= 0.6 is 11.6 Å². The van der Waals surface area contributed by atoms with Crippen molar-refractivity contribution in [2.24, 2.45) is 0 Å². The number of benzene rings is 2. The number of halogens is 1. The van der Waals surface area contributed by atoms with Crippen molar-refractivity contribution in [2.75, 3.05) is 30.4 Å². The van der Waals surface area contributed by atoms with E-state index in [2.05, 4.69) is 10.6 Å². The summed E-state index contributed by atoms with van der Waals surface area (Å²) < 4.78 is 0. The average molecular weight is 429 g/mol. The number of anilines is 2. The van der Waals surface area contributed by atoms with Crippen LogP contribution < -0.4 is 15.5 Å². The van der Waals surface area contributed by atoms with Gasteiger partial charge < -0.3 is 10.5 Å². The van der Waals surface area contributed by atoms with Gasteiger partial charge in [0.25, 0.3) is 0 Å². The Labute approximate surface area is 180 Å². The third kappa shape index (κ3) is 4.43. The predicted octanol–water partition coefficient (Wildman–Crippen LogP) is 4.11. The number of hydrogen-bond acceptors (Lipinski definition) is 5. The molecule has 2 aromatic carbocycles. The van der Waals surface area contributed by atoms with Crippen molar-refractivity contribution in [2.45, 2.75) is 31.2 Å². The monoisotopic (exact) mass is 428 g/mol. The third-order valence-electron chi connectivity index (χ3n) is 5.70. The van der Waals surface area contributed by atoms with E-state index in [0.29, 0.717) is 23.8 Å². The minimum absolute atomic E-state index is 0.0646. The molecule has 2 aliphatic rings. The lowest BCUT2D eigenvalue weighted by Gasteiger charge is -2.28. The van der Waals surface area contributed by atoms with Gasteiger partial charge in [0.2, 0.25) is 5.91 Å². The minimum atomic E-state index is -0.451. The van der Waals surface area contributed by atoms with Crippen LogP contribution in [0.2, 0.25) is 5.02 Å². The van der Waals surface area contributed by atoms with E-state index in [1.807, 2.05) is 36.4 Å². The van der Waals surface area contributed by atoms with E-state index in [1.165, 1.54) is 9.96 Å². The lowest BCUT2D eigenvalue weighted by molar-refractivity contribution is -0.120. The van der Waals surface area contributed by atoms with Gasteiger partial charge in [-0.3, -0.25) is 15.0 Å². The quantitative estimate of drug-likeness (QED) is 0.578. The van der Waals surface area contributed by atoms with Gasteiger partial charge >= 0.3 is 6.03 Å². The highest BCUT2D eigenvalue weighted by atomic mass is 35.5. The van der Waals surface area contributed by atoms with Crippen LogP contribution in [-0.2, 0) is 4.79 Å². The Hall–Kier alpha value is -2.61. The van der Waals surface area contributed by atoms with Crippen molar-refractivity contribution < 1.29 is 14.8 Å². The molecule has 0 bridgehead atoms. The van der Waals surface area contributed by atoms with Gasteiger partial charge in [-0.2, -0.15) is 5.06 Å². The summed E-state index contributed by atoms with van der Waals surface area (Å²) in [5.74, 6) is -0.273. The normalized spacial score (nSPS) is 17.8. The maximum atomic E-state index is 12.2. The molecule has 0 spiro atoms. The summed E-state index contributed by atoms with van der Waals surface area (Å²) >= 11 is 6.65. The number of nitrogens with one attached hydrogen (secondary N) is 2. The molecule has 158 valence electrons. The van der Waals surface area contributed by atoms with Crippen LogP contribution in [0.25, 0.3) is 11.1 Å². The summed E-state index contributed by atoms with van der Waals surface area (Å²) in [6, 6.07) is 13.2. The number of hydroxylamine groups is 2. The summed E-state index contributed by atoms with van der Waals surface area (Å²) in [6.07, 6.45) is 3.32. The van der Waals surface area contributed by atoms with E-state index >= 15 is 0 Å². The highest BCUT2D eigenvalue weighted by Gasteiger charge is 2.42. The fraction of sp³-hybridized carbons (Fsp3) is 0.364. The molecule has 0 unspecified atom stereocenters. The standard InChI is InChI=1S/C22H25ClN4O3/c1-26(30)14-12-22(10-11-22)25-16-7-5-15(6-8-16)17-3-2-4-18(20(17)23)27-13-9-19(28)24-21(27)29/h2-8,25,30H,9-14H2,1H3,(H,24,28,29). The topological polar surface area (TPSA) is 84.9 Å². The van der Waals surface area contributed by atoms with Gasteiger partial charge in [-0.15, -0.1) is 0 Å². The van der Waals surface area contributed by atoms with Crippen LogP contribution in [0.1, 0.15) is 25.7 Å². The van der Waals surface area contributed by atoms with Gasteiger partial charge in [0.15, 0.2) is 0 Å². The maximum Gasteiger partial charge on any atom is 0.328 e. The molecular formula is C22H25ClN4O3.